The van der Waals surface area contributed by atoms with Crippen LogP contribution in [0.25, 0.3) is 0 Å². The van der Waals surface area contributed by atoms with Crippen LogP contribution in [0.4, 0.5) is 5.69 Å². The number of hydrogen-bond acceptors (Lipinski definition) is 6. The number of hydrogen-bond donors (Lipinski definition) is 4. The molecular weight excluding hydrogens is 460 g/mol. The third-order valence-corrected chi connectivity index (χ3v) is 7.45. The van der Waals surface area contributed by atoms with Gasteiger partial charge < -0.3 is 5.32 Å². The fourth-order valence-electron chi connectivity index (χ4n) is 3.12. The first-order valence-electron chi connectivity index (χ1n) is 10.5. The molecule has 3 aromatic rings. The van der Waals surface area contributed by atoms with E-state index in [1.54, 1.807) is 29.6 Å². The van der Waals surface area contributed by atoms with Crippen LogP contribution in [0, 0.1) is 0 Å². The molecule has 172 valence electrons. The van der Waals surface area contributed by atoms with Gasteiger partial charge in [-0.25, -0.2) is 13.1 Å². The lowest BCUT2D eigenvalue weighted by atomic mass is 10.1. The summed E-state index contributed by atoms with van der Waals surface area (Å²) in [6.45, 7) is 0. The Morgan fingerprint density at radius 3 is 2.33 bits per heavy atom. The maximum atomic E-state index is 12.9. The van der Waals surface area contributed by atoms with Crippen LogP contribution >= 0.6 is 11.3 Å². The number of rotatable bonds is 10. The van der Waals surface area contributed by atoms with Gasteiger partial charge in [0.05, 0.1) is 15.5 Å². The quantitative estimate of drug-likeness (QED) is 0.330. The van der Waals surface area contributed by atoms with Gasteiger partial charge in [-0.3, -0.25) is 20.4 Å². The topological polar surface area (TPSA) is 116 Å². The van der Waals surface area contributed by atoms with Crippen molar-refractivity contribution in [1.29, 1.82) is 0 Å². The van der Waals surface area contributed by atoms with Gasteiger partial charge in [-0.1, -0.05) is 36.4 Å². The standard InChI is InChI=1S/C23H24N4O4S2/c28-22(26-25-17-10-12-19(13-11-17)33(30,31)27-18-8-9-18)20(15-16-5-2-1-3-6-16)24-23(29)21-7-4-14-32-21/h1-7,10-14,18,20,25,27H,8-9,15H2,(H,24,29)(H,26,28). The van der Waals surface area contributed by atoms with E-state index in [2.05, 4.69) is 20.9 Å². The monoisotopic (exact) mass is 484 g/mol. The Hall–Kier alpha value is -3.21. The van der Waals surface area contributed by atoms with Crippen LogP contribution in [0.2, 0.25) is 0 Å². The third-order valence-electron chi connectivity index (χ3n) is 5.04. The Morgan fingerprint density at radius 2 is 1.70 bits per heavy atom. The molecular formula is C23H24N4O4S2. The zero-order valence-electron chi connectivity index (χ0n) is 17.7. The fourth-order valence-corrected chi connectivity index (χ4v) is 5.05. The number of anilines is 1. The highest BCUT2D eigenvalue weighted by atomic mass is 32.2. The van der Waals surface area contributed by atoms with Gasteiger partial charge >= 0.3 is 0 Å². The molecule has 0 radical (unpaired) electrons. The number of carbonyl (C=O) groups excluding carboxylic acids is 2. The fraction of sp³-hybridized carbons (Fsp3) is 0.217. The molecule has 33 heavy (non-hydrogen) atoms. The highest BCUT2D eigenvalue weighted by Crippen LogP contribution is 2.22. The second kappa shape index (κ2) is 10.2. The van der Waals surface area contributed by atoms with E-state index in [1.165, 1.54) is 23.5 Å². The van der Waals surface area contributed by atoms with Crippen LogP contribution in [0.1, 0.15) is 28.1 Å². The molecule has 0 saturated heterocycles. The first kappa shape index (κ1) is 23.0. The molecule has 1 unspecified atom stereocenters. The number of nitrogens with one attached hydrogen (secondary N) is 4. The van der Waals surface area contributed by atoms with Crippen molar-refractivity contribution in [1.82, 2.24) is 15.5 Å². The summed E-state index contributed by atoms with van der Waals surface area (Å²) in [5.74, 6) is -0.741. The van der Waals surface area contributed by atoms with Crippen molar-refractivity contribution in [3.05, 3.63) is 82.6 Å². The minimum atomic E-state index is -3.54. The van der Waals surface area contributed by atoms with Crippen LogP contribution in [0.3, 0.4) is 0 Å². The third kappa shape index (κ3) is 6.41. The van der Waals surface area contributed by atoms with Crippen LogP contribution in [-0.2, 0) is 21.2 Å². The summed E-state index contributed by atoms with van der Waals surface area (Å²) in [5.41, 5.74) is 6.81. The Kier molecular flexibility index (Phi) is 7.07. The predicted octanol–water partition coefficient (Wildman–Crippen LogP) is 2.67. The Labute approximate surface area is 196 Å². The summed E-state index contributed by atoms with van der Waals surface area (Å²) in [4.78, 5) is 26.1. The van der Waals surface area contributed by atoms with Gasteiger partial charge in [-0.15, -0.1) is 11.3 Å². The molecule has 4 rings (SSSR count). The molecule has 4 N–H and O–H groups in total. The van der Waals surface area contributed by atoms with E-state index in [0.29, 0.717) is 17.0 Å². The van der Waals surface area contributed by atoms with Gasteiger partial charge in [0.2, 0.25) is 10.0 Å². The van der Waals surface area contributed by atoms with Crippen molar-refractivity contribution < 1.29 is 18.0 Å². The minimum absolute atomic E-state index is 0.0259. The molecule has 2 amide bonds. The minimum Gasteiger partial charge on any atom is -0.339 e. The van der Waals surface area contributed by atoms with E-state index in [1.807, 2.05) is 30.3 Å². The first-order valence-corrected chi connectivity index (χ1v) is 12.8. The summed E-state index contributed by atoms with van der Waals surface area (Å²) in [6, 6.07) is 18.2. The lowest BCUT2D eigenvalue weighted by molar-refractivity contribution is -0.122. The zero-order chi connectivity index (χ0) is 23.3. The molecule has 0 bridgehead atoms. The van der Waals surface area contributed by atoms with Gasteiger partial charge in [-0.2, -0.15) is 0 Å². The van der Waals surface area contributed by atoms with Crippen molar-refractivity contribution in [2.45, 2.75) is 36.2 Å². The number of carbonyl (C=O) groups is 2. The Bertz CT molecular complexity index is 1190. The molecule has 1 fully saturated rings. The van der Waals surface area contributed by atoms with Crippen LogP contribution < -0.4 is 20.9 Å². The van der Waals surface area contributed by atoms with E-state index >= 15 is 0 Å². The number of hydrazine groups is 1. The molecule has 8 nitrogen and oxygen atoms in total. The normalized spacial score (nSPS) is 14.3. The van der Waals surface area contributed by atoms with Gasteiger partial charge in [0.15, 0.2) is 0 Å². The highest BCUT2D eigenvalue weighted by molar-refractivity contribution is 7.89. The largest absolute Gasteiger partial charge is 0.339 e. The van der Waals surface area contributed by atoms with Gasteiger partial charge in [-0.05, 0) is 54.1 Å². The van der Waals surface area contributed by atoms with E-state index in [9.17, 15) is 18.0 Å². The maximum Gasteiger partial charge on any atom is 0.262 e. The number of amides is 2. The van der Waals surface area contributed by atoms with E-state index in [-0.39, 0.29) is 16.8 Å². The lowest BCUT2D eigenvalue weighted by Gasteiger charge is -2.19. The van der Waals surface area contributed by atoms with Crippen molar-refractivity contribution >= 4 is 38.9 Å². The van der Waals surface area contributed by atoms with E-state index in [0.717, 1.165) is 18.4 Å². The SMILES string of the molecule is O=C(NC(Cc1ccccc1)C(=O)NNc1ccc(S(=O)(=O)NC2CC2)cc1)c1cccs1. The van der Waals surface area contributed by atoms with Gasteiger partial charge in [0.1, 0.15) is 6.04 Å². The maximum absolute atomic E-state index is 12.9. The number of thiophene rings is 1. The van der Waals surface area contributed by atoms with Crippen molar-refractivity contribution in [3.8, 4) is 0 Å². The van der Waals surface area contributed by atoms with Gasteiger partial charge in [0, 0.05) is 12.5 Å². The molecule has 1 aliphatic carbocycles. The van der Waals surface area contributed by atoms with E-state index in [4.69, 9.17) is 0 Å². The zero-order valence-corrected chi connectivity index (χ0v) is 19.3. The smallest absolute Gasteiger partial charge is 0.262 e. The Morgan fingerprint density at radius 1 is 0.970 bits per heavy atom. The molecule has 1 aliphatic rings. The van der Waals surface area contributed by atoms with E-state index < -0.39 is 22.0 Å². The molecule has 2 aromatic carbocycles. The van der Waals surface area contributed by atoms with Crippen LogP contribution in [0.15, 0.2) is 77.0 Å². The molecule has 10 heteroatoms. The molecule has 1 aromatic heterocycles. The summed E-state index contributed by atoms with van der Waals surface area (Å²) in [6.07, 6.45) is 2.03. The second-order valence-corrected chi connectivity index (χ2v) is 10.4. The molecule has 0 aliphatic heterocycles. The molecule has 1 heterocycles. The summed E-state index contributed by atoms with van der Waals surface area (Å²) >= 11 is 1.30. The van der Waals surface area contributed by atoms with Crippen LogP contribution in [0.5, 0.6) is 0 Å². The average Bonchev–Trinajstić information content (AvgIpc) is 3.44. The number of sulfonamides is 1. The second-order valence-electron chi connectivity index (χ2n) is 7.73. The summed E-state index contributed by atoms with van der Waals surface area (Å²) in [5, 5.41) is 4.59. The average molecular weight is 485 g/mol. The predicted molar refractivity (Wildman–Crippen MR) is 127 cm³/mol. The highest BCUT2D eigenvalue weighted by Gasteiger charge is 2.28. The lowest BCUT2D eigenvalue weighted by Crippen LogP contribution is -2.49. The van der Waals surface area contributed by atoms with Crippen LogP contribution in [-0.4, -0.2) is 32.3 Å². The first-order chi connectivity index (χ1) is 15.9. The summed E-state index contributed by atoms with van der Waals surface area (Å²) in [7, 11) is -3.54. The van der Waals surface area contributed by atoms with Crippen molar-refractivity contribution in [2.75, 3.05) is 5.43 Å². The van der Waals surface area contributed by atoms with Gasteiger partial charge in [0.25, 0.3) is 11.8 Å². The molecule has 0 spiro atoms. The number of benzene rings is 2. The molecule has 1 saturated carbocycles. The van der Waals surface area contributed by atoms with Crippen molar-refractivity contribution in [2.24, 2.45) is 0 Å². The van der Waals surface area contributed by atoms with Crippen molar-refractivity contribution in [3.63, 3.8) is 0 Å². The Balaban J connectivity index is 1.39. The summed E-state index contributed by atoms with van der Waals surface area (Å²) < 4.78 is 27.2. The molecule has 1 atom stereocenters.